The van der Waals surface area contributed by atoms with E-state index in [2.05, 4.69) is 0 Å². The van der Waals surface area contributed by atoms with E-state index in [0.717, 1.165) is 0 Å². The molecule has 28 heavy (non-hydrogen) atoms. The van der Waals surface area contributed by atoms with Gasteiger partial charge in [0.1, 0.15) is 5.97 Å². The first-order valence-corrected chi connectivity index (χ1v) is 6.45. The predicted octanol–water partition coefficient (Wildman–Crippen LogP) is -5.01. The van der Waals surface area contributed by atoms with Crippen LogP contribution in [0.15, 0.2) is 0 Å². The third-order valence-corrected chi connectivity index (χ3v) is 3.21. The number of carboxylic acid groups (broad SMARTS) is 1. The molecule has 0 amide bonds. The Morgan fingerprint density at radius 2 is 1.11 bits per heavy atom. The van der Waals surface area contributed by atoms with E-state index in [0.29, 0.717) is 0 Å². The number of carbonyl (C=O) groups is 1. The van der Waals surface area contributed by atoms with Crippen molar-refractivity contribution in [3.8, 4) is 0 Å². The van der Waals surface area contributed by atoms with E-state index in [9.17, 15) is 75.6 Å². The van der Waals surface area contributed by atoms with Crippen LogP contribution in [-0.4, -0.2) is 54.2 Å². The molecule has 1 unspecified atom stereocenters. The molecule has 0 saturated heterocycles. The summed E-state index contributed by atoms with van der Waals surface area (Å²) in [5, 5.41) is 2.37. The van der Waals surface area contributed by atoms with Crippen LogP contribution in [0.3, 0.4) is 0 Å². The zero-order valence-electron chi connectivity index (χ0n) is 12.9. The summed E-state index contributed by atoms with van der Waals surface area (Å²) in [6.45, 7) is 0. The minimum atomic E-state index is -7.93. The largest absolute Gasteiger partial charge is 1.00 e. The van der Waals surface area contributed by atoms with E-state index in [1.54, 1.807) is 0 Å². The molecule has 0 aromatic rings. The third-order valence-electron chi connectivity index (χ3n) is 2.34. The van der Waals surface area contributed by atoms with Crippen molar-refractivity contribution in [1.29, 1.82) is 0 Å². The first kappa shape index (κ1) is 33.1. The molecule has 0 aliphatic carbocycles. The number of ether oxygens (including phenoxy) is 1. The number of carbonyl (C=O) groups excluding carboxylic acids is 1. The zero-order valence-corrected chi connectivity index (χ0v) is 17.7. The number of aliphatic carboxylic acids is 1. The van der Waals surface area contributed by atoms with Crippen molar-refractivity contribution in [2.45, 2.75) is 35.2 Å². The van der Waals surface area contributed by atoms with Crippen LogP contribution in [0.2, 0.25) is 0 Å². The molecule has 0 saturated carbocycles. The molecule has 0 aliphatic heterocycles. The maximum atomic E-state index is 13.4. The van der Waals surface area contributed by atoms with Gasteiger partial charge in [-0.15, -0.1) is 0 Å². The molecule has 21 heteroatoms. The van der Waals surface area contributed by atoms with Gasteiger partial charge in [0, 0.05) is 0 Å². The first-order valence-electron chi connectivity index (χ1n) is 5.04. The van der Waals surface area contributed by atoms with Gasteiger partial charge in [-0.25, -0.2) is 8.42 Å². The van der Waals surface area contributed by atoms with Gasteiger partial charge in [-0.05, 0) is 0 Å². The monoisotopic (exact) mass is 486 g/mol. The second-order valence-electron chi connectivity index (χ2n) is 4.12. The van der Waals surface area contributed by atoms with Gasteiger partial charge in [0.05, 0.1) is 0 Å². The van der Waals surface area contributed by atoms with E-state index in [1.165, 1.54) is 4.74 Å². The maximum Gasteiger partial charge on any atom is 1.00 e. The Morgan fingerprint density at radius 3 is 1.32 bits per heavy atom. The van der Waals surface area contributed by atoms with Crippen LogP contribution in [-0.2, 0) is 19.6 Å². The molecule has 1 atom stereocenters. The summed E-state index contributed by atoms with van der Waals surface area (Å²) >= 11 is 0. The van der Waals surface area contributed by atoms with Crippen LogP contribution in [0.25, 0.3) is 0 Å². The van der Waals surface area contributed by atoms with Crippen LogP contribution < -0.4 is 64.2 Å². The molecule has 0 radical (unpaired) electrons. The standard InChI is InChI=1S/C7H2F12O6S.2Na/c8-2(9,1(20)21)3(10,11)4(12,5(13,14)15)25-6(16,17)7(18,19)26(22,23)24;;/h(H,20,21)(H,22,23,24);;/q;2*+1/p-2. The molecule has 156 valence electrons. The molecule has 0 spiro atoms. The molecule has 0 aromatic carbocycles. The number of carboxylic acids is 1. The minimum Gasteiger partial charge on any atom is -0.743 e. The quantitative estimate of drug-likeness (QED) is 0.203. The number of hydrogen-bond donors (Lipinski definition) is 0. The molecule has 6 nitrogen and oxygen atoms in total. The van der Waals surface area contributed by atoms with Gasteiger partial charge >= 0.3 is 94.4 Å². The summed E-state index contributed by atoms with van der Waals surface area (Å²) in [7, 11) is -7.73. The molecule has 0 heterocycles. The summed E-state index contributed by atoms with van der Waals surface area (Å²) in [5.74, 6) is -27.6. The fraction of sp³-hybridized carbons (Fsp3) is 0.857. The Balaban J connectivity index is -0.00000312. The summed E-state index contributed by atoms with van der Waals surface area (Å²) in [5.41, 5.74) is 0. The van der Waals surface area contributed by atoms with Crippen LogP contribution in [0.5, 0.6) is 0 Å². The van der Waals surface area contributed by atoms with E-state index in [1.807, 2.05) is 0 Å². The van der Waals surface area contributed by atoms with E-state index < -0.39 is 51.3 Å². The van der Waals surface area contributed by atoms with E-state index in [-0.39, 0.29) is 59.1 Å². The Bertz CT molecular complexity index is 678. The van der Waals surface area contributed by atoms with Crippen molar-refractivity contribution >= 4 is 16.1 Å². The van der Waals surface area contributed by atoms with Crippen LogP contribution in [0.4, 0.5) is 52.7 Å². The SMILES string of the molecule is O=C([O-])C(F)(F)C(F)(F)C(F)(OC(F)(F)C(F)(F)S(=O)(=O)[O-])C(F)(F)F.[Na+].[Na+]. The van der Waals surface area contributed by atoms with Crippen molar-refractivity contribution in [3.05, 3.63) is 0 Å². The number of rotatable bonds is 7. The van der Waals surface area contributed by atoms with Gasteiger partial charge in [-0.2, -0.15) is 52.7 Å². The molecule has 0 rings (SSSR count). The summed E-state index contributed by atoms with van der Waals surface area (Å²) in [6.07, 6.45) is -15.4. The number of halogens is 12. The Labute approximate surface area is 189 Å². The maximum absolute atomic E-state index is 13.4. The molecule has 0 aromatic heterocycles. The second kappa shape index (κ2) is 8.93. The van der Waals surface area contributed by atoms with Gasteiger partial charge in [0.25, 0.3) is 0 Å². The summed E-state index contributed by atoms with van der Waals surface area (Å²) in [4.78, 5) is 9.75. The molecular weight excluding hydrogens is 486 g/mol. The number of alkyl halides is 12. The minimum absolute atomic E-state index is 0. The molecular formula is C7F12Na2O6S. The van der Waals surface area contributed by atoms with Crippen molar-refractivity contribution in [2.75, 3.05) is 0 Å². The molecule has 0 aliphatic rings. The topological polar surface area (TPSA) is 107 Å². The van der Waals surface area contributed by atoms with E-state index in [4.69, 9.17) is 0 Å². The first-order chi connectivity index (χ1) is 10.9. The second-order valence-corrected chi connectivity index (χ2v) is 5.54. The van der Waals surface area contributed by atoms with E-state index >= 15 is 0 Å². The molecule has 0 bridgehead atoms. The fourth-order valence-electron chi connectivity index (χ4n) is 1.01. The van der Waals surface area contributed by atoms with Crippen molar-refractivity contribution in [3.63, 3.8) is 0 Å². The summed E-state index contributed by atoms with van der Waals surface area (Å²) in [6, 6.07) is 0. The summed E-state index contributed by atoms with van der Waals surface area (Å²) < 4.78 is 183. The van der Waals surface area contributed by atoms with Gasteiger partial charge in [-0.1, -0.05) is 0 Å². The Kier molecular flexibility index (Phi) is 10.6. The smallest absolute Gasteiger partial charge is 0.743 e. The van der Waals surface area contributed by atoms with Crippen molar-refractivity contribution in [1.82, 2.24) is 0 Å². The van der Waals surface area contributed by atoms with Crippen LogP contribution in [0.1, 0.15) is 0 Å². The Hall–Kier alpha value is 0.500. The van der Waals surface area contributed by atoms with Gasteiger partial charge in [0.15, 0.2) is 10.1 Å². The number of hydrogen-bond acceptors (Lipinski definition) is 6. The third kappa shape index (κ3) is 5.21. The van der Waals surface area contributed by atoms with Crippen LogP contribution in [0, 0.1) is 0 Å². The fourth-order valence-corrected chi connectivity index (χ4v) is 1.34. The normalized spacial score (nSPS) is 16.5. The average molecular weight is 486 g/mol. The van der Waals surface area contributed by atoms with Crippen molar-refractivity contribution in [2.24, 2.45) is 0 Å². The average Bonchev–Trinajstić information content (AvgIpc) is 2.34. The zero-order chi connectivity index (χ0) is 21.8. The van der Waals surface area contributed by atoms with Gasteiger partial charge < -0.3 is 14.5 Å². The predicted molar refractivity (Wildman–Crippen MR) is 45.5 cm³/mol. The van der Waals surface area contributed by atoms with Crippen molar-refractivity contribution < 1.29 is 139 Å². The van der Waals surface area contributed by atoms with Crippen LogP contribution >= 0.6 is 0 Å². The van der Waals surface area contributed by atoms with Gasteiger partial charge in [-0.3, -0.25) is 4.74 Å². The molecule has 0 fully saturated rings. The molecule has 0 N–H and O–H groups in total. The van der Waals surface area contributed by atoms with Gasteiger partial charge in [0.2, 0.25) is 0 Å². The Morgan fingerprint density at radius 1 is 0.786 bits per heavy atom.